The SMILES string of the molecule is Cl.N[C@@H](Cc1c(O)cc(F)cc1F)C(=O)O. The van der Waals surface area contributed by atoms with Gasteiger partial charge in [0.15, 0.2) is 0 Å². The quantitative estimate of drug-likeness (QED) is 0.752. The molecule has 7 heteroatoms. The number of carboxylic acids is 1. The van der Waals surface area contributed by atoms with E-state index in [0.717, 1.165) is 0 Å². The zero-order valence-corrected chi connectivity index (χ0v) is 8.80. The first-order valence-electron chi connectivity index (χ1n) is 4.07. The molecule has 0 bridgehead atoms. The molecule has 0 aliphatic carbocycles. The highest BCUT2D eigenvalue weighted by molar-refractivity contribution is 5.85. The van der Waals surface area contributed by atoms with Gasteiger partial charge in [-0.15, -0.1) is 12.4 Å². The highest BCUT2D eigenvalue weighted by Gasteiger charge is 2.18. The zero-order chi connectivity index (χ0) is 11.6. The molecule has 0 aliphatic heterocycles. The fourth-order valence-corrected chi connectivity index (χ4v) is 1.10. The predicted molar refractivity (Wildman–Crippen MR) is 54.6 cm³/mol. The first kappa shape index (κ1) is 14.6. The summed E-state index contributed by atoms with van der Waals surface area (Å²) in [5.41, 5.74) is 4.85. The fourth-order valence-electron chi connectivity index (χ4n) is 1.10. The van der Waals surface area contributed by atoms with Gasteiger partial charge in [-0.25, -0.2) is 8.78 Å². The van der Waals surface area contributed by atoms with E-state index in [1.807, 2.05) is 0 Å². The molecule has 0 saturated heterocycles. The van der Waals surface area contributed by atoms with Crippen LogP contribution in [-0.4, -0.2) is 22.2 Å². The number of carbonyl (C=O) groups is 1. The van der Waals surface area contributed by atoms with Gasteiger partial charge in [0.25, 0.3) is 0 Å². The van der Waals surface area contributed by atoms with E-state index in [1.54, 1.807) is 0 Å². The van der Waals surface area contributed by atoms with Crippen molar-refractivity contribution in [1.82, 2.24) is 0 Å². The maximum atomic E-state index is 13.1. The second-order valence-electron chi connectivity index (χ2n) is 3.03. The number of phenols is 1. The van der Waals surface area contributed by atoms with Crippen LogP contribution in [0.15, 0.2) is 12.1 Å². The van der Waals surface area contributed by atoms with Gasteiger partial charge in [-0.2, -0.15) is 0 Å². The highest BCUT2D eigenvalue weighted by atomic mass is 35.5. The molecule has 0 aromatic heterocycles. The lowest BCUT2D eigenvalue weighted by Crippen LogP contribution is -2.32. The van der Waals surface area contributed by atoms with Crippen molar-refractivity contribution in [3.05, 3.63) is 29.3 Å². The van der Waals surface area contributed by atoms with Crippen LogP contribution >= 0.6 is 12.4 Å². The average Bonchev–Trinajstić information content (AvgIpc) is 2.10. The second kappa shape index (κ2) is 5.62. The summed E-state index contributed by atoms with van der Waals surface area (Å²) in [5.74, 6) is -3.90. The summed E-state index contributed by atoms with van der Waals surface area (Å²) in [7, 11) is 0. The Labute approximate surface area is 96.1 Å². The van der Waals surface area contributed by atoms with Crippen molar-refractivity contribution in [2.45, 2.75) is 12.5 Å². The van der Waals surface area contributed by atoms with Crippen LogP contribution in [0.3, 0.4) is 0 Å². The molecule has 0 spiro atoms. The van der Waals surface area contributed by atoms with E-state index in [2.05, 4.69) is 0 Å². The van der Waals surface area contributed by atoms with Gasteiger partial charge in [0.2, 0.25) is 0 Å². The molecule has 0 aliphatic rings. The summed E-state index contributed by atoms with van der Waals surface area (Å²) in [5, 5.41) is 17.7. The Morgan fingerprint density at radius 2 is 2.00 bits per heavy atom. The van der Waals surface area contributed by atoms with Crippen LogP contribution in [0.4, 0.5) is 8.78 Å². The minimum Gasteiger partial charge on any atom is -0.507 e. The number of rotatable bonds is 3. The Hall–Kier alpha value is -1.40. The average molecular weight is 254 g/mol. The molecule has 16 heavy (non-hydrogen) atoms. The van der Waals surface area contributed by atoms with Crippen LogP contribution < -0.4 is 5.73 Å². The largest absolute Gasteiger partial charge is 0.507 e. The van der Waals surface area contributed by atoms with E-state index >= 15 is 0 Å². The van der Waals surface area contributed by atoms with Crippen LogP contribution in [0.2, 0.25) is 0 Å². The number of aliphatic carboxylic acids is 1. The zero-order valence-electron chi connectivity index (χ0n) is 7.98. The number of hydrogen-bond donors (Lipinski definition) is 3. The van der Waals surface area contributed by atoms with Crippen molar-refractivity contribution >= 4 is 18.4 Å². The Morgan fingerprint density at radius 3 is 2.44 bits per heavy atom. The Kier molecular flexibility index (Phi) is 5.13. The maximum absolute atomic E-state index is 13.1. The monoisotopic (exact) mass is 253 g/mol. The van der Waals surface area contributed by atoms with E-state index in [-0.39, 0.29) is 18.0 Å². The molecule has 1 atom stereocenters. The fraction of sp³-hybridized carbons (Fsp3) is 0.222. The lowest BCUT2D eigenvalue weighted by molar-refractivity contribution is -0.138. The predicted octanol–water partition coefficient (Wildman–Crippen LogP) is 1.05. The number of carboxylic acid groups (broad SMARTS) is 1. The lowest BCUT2D eigenvalue weighted by atomic mass is 10.0. The Bertz CT molecular complexity index is 377. The number of hydrogen-bond acceptors (Lipinski definition) is 3. The first-order valence-corrected chi connectivity index (χ1v) is 4.07. The van der Waals surface area contributed by atoms with Gasteiger partial charge in [-0.1, -0.05) is 0 Å². The molecule has 0 saturated carbocycles. The molecule has 0 unspecified atom stereocenters. The topological polar surface area (TPSA) is 83.5 Å². The van der Waals surface area contributed by atoms with Gasteiger partial charge in [0.1, 0.15) is 23.4 Å². The second-order valence-corrected chi connectivity index (χ2v) is 3.03. The minimum atomic E-state index is -1.34. The van der Waals surface area contributed by atoms with Crippen LogP contribution in [0.25, 0.3) is 0 Å². The summed E-state index contributed by atoms with van der Waals surface area (Å²) in [4.78, 5) is 10.4. The van der Waals surface area contributed by atoms with Gasteiger partial charge in [0.05, 0.1) is 0 Å². The molecule has 1 rings (SSSR count). The van der Waals surface area contributed by atoms with Gasteiger partial charge < -0.3 is 15.9 Å². The van der Waals surface area contributed by atoms with Crippen molar-refractivity contribution in [1.29, 1.82) is 0 Å². The van der Waals surface area contributed by atoms with Gasteiger partial charge in [0, 0.05) is 24.1 Å². The van der Waals surface area contributed by atoms with E-state index in [9.17, 15) is 18.7 Å². The van der Waals surface area contributed by atoms with E-state index < -0.39 is 35.8 Å². The van der Waals surface area contributed by atoms with E-state index in [0.29, 0.717) is 12.1 Å². The van der Waals surface area contributed by atoms with Crippen LogP contribution in [-0.2, 0) is 11.2 Å². The van der Waals surface area contributed by atoms with Crippen molar-refractivity contribution < 1.29 is 23.8 Å². The number of phenolic OH excluding ortho intramolecular Hbond substituents is 1. The van der Waals surface area contributed by atoms with E-state index in [4.69, 9.17) is 10.8 Å². The standard InChI is InChI=1S/C9H9F2NO3.ClH/c10-4-1-6(11)5(8(13)2-4)3-7(12)9(14)15;/h1-2,7,13H,3,12H2,(H,14,15);1H/t7-;/m0./s1. The van der Waals surface area contributed by atoms with E-state index in [1.165, 1.54) is 0 Å². The van der Waals surface area contributed by atoms with Crippen LogP contribution in [0, 0.1) is 11.6 Å². The molecule has 0 heterocycles. The van der Waals surface area contributed by atoms with Crippen molar-refractivity contribution in [3.63, 3.8) is 0 Å². The van der Waals surface area contributed by atoms with Crippen molar-refractivity contribution in [2.24, 2.45) is 5.73 Å². The molecule has 90 valence electrons. The number of benzene rings is 1. The first-order chi connectivity index (χ1) is 6.91. The molecule has 0 radical (unpaired) electrons. The summed E-state index contributed by atoms with van der Waals surface area (Å²) >= 11 is 0. The maximum Gasteiger partial charge on any atom is 0.320 e. The molecule has 4 N–H and O–H groups in total. The Morgan fingerprint density at radius 1 is 1.44 bits per heavy atom. The third-order valence-corrected chi connectivity index (χ3v) is 1.88. The molecule has 1 aromatic carbocycles. The third-order valence-electron chi connectivity index (χ3n) is 1.88. The summed E-state index contributed by atoms with van der Waals surface area (Å²) in [6.45, 7) is 0. The van der Waals surface area contributed by atoms with Crippen LogP contribution in [0.5, 0.6) is 5.75 Å². The number of nitrogens with two attached hydrogens (primary N) is 1. The summed E-state index contributed by atoms with van der Waals surface area (Å²) in [6.07, 6.45) is -0.396. The lowest BCUT2D eigenvalue weighted by Gasteiger charge is -2.09. The number of halogens is 3. The molecule has 1 aromatic rings. The minimum absolute atomic E-state index is 0. The molecular formula is C9H10ClF2NO3. The highest BCUT2D eigenvalue weighted by Crippen LogP contribution is 2.23. The normalized spacial score (nSPS) is 11.7. The summed E-state index contributed by atoms with van der Waals surface area (Å²) < 4.78 is 25.6. The smallest absolute Gasteiger partial charge is 0.320 e. The van der Waals surface area contributed by atoms with Gasteiger partial charge in [-0.05, 0) is 0 Å². The summed E-state index contributed by atoms with van der Waals surface area (Å²) in [6, 6.07) is -0.0766. The number of aromatic hydroxyl groups is 1. The Balaban J connectivity index is 0.00000225. The molecule has 4 nitrogen and oxygen atoms in total. The van der Waals surface area contributed by atoms with Gasteiger partial charge in [-0.3, -0.25) is 4.79 Å². The van der Waals surface area contributed by atoms with Crippen molar-refractivity contribution in [2.75, 3.05) is 0 Å². The third kappa shape index (κ3) is 3.32. The van der Waals surface area contributed by atoms with Crippen molar-refractivity contribution in [3.8, 4) is 5.75 Å². The molecule has 0 amide bonds. The molecular weight excluding hydrogens is 244 g/mol. The van der Waals surface area contributed by atoms with Crippen LogP contribution in [0.1, 0.15) is 5.56 Å². The van der Waals surface area contributed by atoms with Gasteiger partial charge >= 0.3 is 5.97 Å². The molecule has 0 fully saturated rings.